The molecule has 0 atom stereocenters. The van der Waals surface area contributed by atoms with Gasteiger partial charge in [-0.15, -0.1) is 0 Å². The van der Waals surface area contributed by atoms with Gasteiger partial charge >= 0.3 is 5.97 Å². The van der Waals surface area contributed by atoms with Gasteiger partial charge < -0.3 is 9.64 Å². The number of amides is 1. The minimum Gasteiger partial charge on any atom is -0.452 e. The molecule has 1 amide bonds. The molecule has 3 rings (SSSR count). The van der Waals surface area contributed by atoms with E-state index in [9.17, 15) is 18.0 Å². The van der Waals surface area contributed by atoms with Crippen molar-refractivity contribution in [3.8, 4) is 0 Å². The molecule has 1 heterocycles. The van der Waals surface area contributed by atoms with Gasteiger partial charge in [0.1, 0.15) is 0 Å². The normalized spacial score (nSPS) is 14.9. The van der Waals surface area contributed by atoms with Crippen LogP contribution in [0, 0.1) is 12.8 Å². The topological polar surface area (TPSA) is 84.0 Å². The Morgan fingerprint density at radius 1 is 1.03 bits per heavy atom. The number of rotatable bonds is 6. The van der Waals surface area contributed by atoms with Crippen LogP contribution >= 0.6 is 0 Å². The Morgan fingerprint density at radius 2 is 1.61 bits per heavy atom. The van der Waals surface area contributed by atoms with Gasteiger partial charge in [-0.3, -0.25) is 9.10 Å². The second-order valence-corrected chi connectivity index (χ2v) is 9.94. The molecule has 0 spiro atoms. The van der Waals surface area contributed by atoms with Crippen LogP contribution in [0.2, 0.25) is 0 Å². The van der Waals surface area contributed by atoms with Gasteiger partial charge in [0.15, 0.2) is 6.61 Å². The van der Waals surface area contributed by atoms with Gasteiger partial charge in [0.2, 0.25) is 0 Å². The third-order valence-corrected chi connectivity index (χ3v) is 7.41. The highest BCUT2D eigenvalue weighted by Gasteiger charge is 2.23. The molecule has 0 aliphatic carbocycles. The fourth-order valence-corrected chi connectivity index (χ4v) is 4.57. The molecule has 0 saturated carbocycles. The summed E-state index contributed by atoms with van der Waals surface area (Å²) in [5.74, 6) is -0.201. The van der Waals surface area contributed by atoms with Crippen LogP contribution in [0.15, 0.2) is 53.4 Å². The highest BCUT2D eigenvalue weighted by Crippen LogP contribution is 2.23. The van der Waals surface area contributed by atoms with Crippen LogP contribution in [-0.2, 0) is 19.6 Å². The molecule has 0 unspecified atom stereocenters. The zero-order chi connectivity index (χ0) is 22.6. The van der Waals surface area contributed by atoms with Crippen molar-refractivity contribution < 1.29 is 22.7 Å². The molecule has 0 radical (unpaired) electrons. The van der Waals surface area contributed by atoms with E-state index < -0.39 is 16.0 Å². The van der Waals surface area contributed by atoms with Crippen LogP contribution in [0.25, 0.3) is 0 Å². The number of esters is 1. The minimum atomic E-state index is -3.71. The SMILES string of the molecule is Cc1ccc(S(=O)(=O)N(C)c2ccc(C(=O)OCC(=O)N3CCC(C)CC3)cc2)cc1. The van der Waals surface area contributed by atoms with Crippen LogP contribution in [-0.4, -0.2) is 51.9 Å². The maximum Gasteiger partial charge on any atom is 0.338 e. The minimum absolute atomic E-state index is 0.190. The fraction of sp³-hybridized carbons (Fsp3) is 0.391. The number of likely N-dealkylation sites (tertiary alicyclic amines) is 1. The van der Waals surface area contributed by atoms with Crippen molar-refractivity contribution in [3.05, 3.63) is 59.7 Å². The number of piperidine rings is 1. The number of anilines is 1. The van der Waals surface area contributed by atoms with E-state index in [-0.39, 0.29) is 23.0 Å². The second kappa shape index (κ2) is 9.51. The summed E-state index contributed by atoms with van der Waals surface area (Å²) in [6, 6.07) is 12.7. The molecule has 1 aliphatic rings. The third kappa shape index (κ3) is 5.44. The number of aryl methyl sites for hydroxylation is 1. The summed E-state index contributed by atoms with van der Waals surface area (Å²) in [5.41, 5.74) is 1.64. The first-order valence-electron chi connectivity index (χ1n) is 10.3. The lowest BCUT2D eigenvalue weighted by molar-refractivity contribution is -0.135. The van der Waals surface area contributed by atoms with Crippen LogP contribution in [0.3, 0.4) is 0 Å². The molecule has 2 aromatic carbocycles. The fourth-order valence-electron chi connectivity index (χ4n) is 3.37. The summed E-state index contributed by atoms with van der Waals surface area (Å²) in [6.45, 7) is 5.13. The molecule has 0 N–H and O–H groups in total. The summed E-state index contributed by atoms with van der Waals surface area (Å²) in [7, 11) is -2.25. The first-order chi connectivity index (χ1) is 14.7. The van der Waals surface area contributed by atoms with Crippen molar-refractivity contribution >= 4 is 27.6 Å². The van der Waals surface area contributed by atoms with E-state index in [1.165, 1.54) is 31.3 Å². The molecule has 31 heavy (non-hydrogen) atoms. The van der Waals surface area contributed by atoms with E-state index in [4.69, 9.17) is 4.74 Å². The van der Waals surface area contributed by atoms with Crippen molar-refractivity contribution in [2.45, 2.75) is 31.6 Å². The summed E-state index contributed by atoms with van der Waals surface area (Å²) < 4.78 is 31.9. The van der Waals surface area contributed by atoms with E-state index in [2.05, 4.69) is 6.92 Å². The van der Waals surface area contributed by atoms with E-state index in [0.29, 0.717) is 24.7 Å². The van der Waals surface area contributed by atoms with Gasteiger partial charge in [-0.1, -0.05) is 24.6 Å². The van der Waals surface area contributed by atoms with Gasteiger partial charge in [0.25, 0.3) is 15.9 Å². The molecule has 0 bridgehead atoms. The second-order valence-electron chi connectivity index (χ2n) is 7.97. The number of hydrogen-bond donors (Lipinski definition) is 0. The standard InChI is InChI=1S/C23H28N2O5S/c1-17-4-10-21(11-5-17)31(28,29)24(3)20-8-6-19(7-9-20)23(27)30-16-22(26)25-14-12-18(2)13-15-25/h4-11,18H,12-16H2,1-3H3. The lowest BCUT2D eigenvalue weighted by Gasteiger charge is -2.30. The van der Waals surface area contributed by atoms with E-state index in [1.807, 2.05) is 6.92 Å². The van der Waals surface area contributed by atoms with Crippen molar-refractivity contribution in [2.75, 3.05) is 31.0 Å². The van der Waals surface area contributed by atoms with E-state index >= 15 is 0 Å². The Kier molecular flexibility index (Phi) is 7.00. The van der Waals surface area contributed by atoms with Crippen molar-refractivity contribution in [1.29, 1.82) is 0 Å². The smallest absolute Gasteiger partial charge is 0.338 e. The molecular formula is C23H28N2O5S. The van der Waals surface area contributed by atoms with Crippen LogP contribution < -0.4 is 4.31 Å². The predicted octanol–water partition coefficient (Wildman–Crippen LogP) is 3.24. The van der Waals surface area contributed by atoms with Crippen molar-refractivity contribution in [1.82, 2.24) is 4.90 Å². The average molecular weight is 445 g/mol. The largest absolute Gasteiger partial charge is 0.452 e. The maximum absolute atomic E-state index is 12.8. The number of hydrogen-bond acceptors (Lipinski definition) is 5. The molecule has 1 saturated heterocycles. The molecule has 166 valence electrons. The third-order valence-electron chi connectivity index (χ3n) is 5.61. The molecule has 8 heteroatoms. The average Bonchev–Trinajstić information content (AvgIpc) is 2.77. The van der Waals surface area contributed by atoms with Gasteiger partial charge in [-0.2, -0.15) is 0 Å². The zero-order valence-electron chi connectivity index (χ0n) is 18.1. The molecule has 7 nitrogen and oxygen atoms in total. The Bertz CT molecular complexity index is 1020. The number of nitrogens with zero attached hydrogens (tertiary/aromatic N) is 2. The number of sulfonamides is 1. The van der Waals surface area contributed by atoms with Crippen LogP contribution in [0.5, 0.6) is 0 Å². The number of carbonyl (C=O) groups is 2. The number of benzene rings is 2. The first-order valence-corrected chi connectivity index (χ1v) is 11.7. The number of carbonyl (C=O) groups excluding carboxylic acids is 2. The van der Waals surface area contributed by atoms with Crippen LogP contribution in [0.4, 0.5) is 5.69 Å². The highest BCUT2D eigenvalue weighted by molar-refractivity contribution is 7.92. The maximum atomic E-state index is 12.8. The summed E-state index contributed by atoms with van der Waals surface area (Å²) in [6.07, 6.45) is 1.92. The molecule has 1 fully saturated rings. The van der Waals surface area contributed by atoms with Crippen molar-refractivity contribution in [2.24, 2.45) is 5.92 Å². The van der Waals surface area contributed by atoms with Crippen molar-refractivity contribution in [3.63, 3.8) is 0 Å². The lowest BCUT2D eigenvalue weighted by atomic mass is 9.99. The van der Waals surface area contributed by atoms with E-state index in [0.717, 1.165) is 22.7 Å². The summed E-state index contributed by atoms with van der Waals surface area (Å²) in [5, 5.41) is 0. The zero-order valence-corrected chi connectivity index (χ0v) is 18.9. The number of ether oxygens (including phenoxy) is 1. The molecule has 1 aliphatic heterocycles. The van der Waals surface area contributed by atoms with Gasteiger partial charge in [-0.05, 0) is 62.1 Å². The summed E-state index contributed by atoms with van der Waals surface area (Å²) >= 11 is 0. The molecule has 0 aromatic heterocycles. The Morgan fingerprint density at radius 3 is 2.19 bits per heavy atom. The van der Waals surface area contributed by atoms with Gasteiger partial charge in [0, 0.05) is 20.1 Å². The Balaban J connectivity index is 1.60. The highest BCUT2D eigenvalue weighted by atomic mass is 32.2. The van der Waals surface area contributed by atoms with Crippen LogP contribution in [0.1, 0.15) is 35.7 Å². The van der Waals surface area contributed by atoms with Gasteiger partial charge in [0.05, 0.1) is 16.1 Å². The monoisotopic (exact) mass is 444 g/mol. The quantitative estimate of drug-likeness (QED) is 0.639. The predicted molar refractivity (Wildman–Crippen MR) is 118 cm³/mol. The lowest BCUT2D eigenvalue weighted by Crippen LogP contribution is -2.40. The Labute approximate surface area is 183 Å². The van der Waals surface area contributed by atoms with E-state index in [1.54, 1.807) is 29.2 Å². The van der Waals surface area contributed by atoms with Gasteiger partial charge in [-0.25, -0.2) is 13.2 Å². The summed E-state index contributed by atoms with van der Waals surface area (Å²) in [4.78, 5) is 26.4. The molecule has 2 aromatic rings. The first kappa shape index (κ1) is 22.8. The Hall–Kier alpha value is -2.87. The molecular weight excluding hydrogens is 416 g/mol.